The van der Waals surface area contributed by atoms with Crippen LogP contribution in [0, 0.1) is 11.8 Å². The van der Waals surface area contributed by atoms with E-state index in [1.807, 2.05) is 0 Å². The van der Waals surface area contributed by atoms with Gasteiger partial charge in [0.15, 0.2) is 0 Å². The summed E-state index contributed by atoms with van der Waals surface area (Å²) < 4.78 is 5.17. The molecule has 0 spiro atoms. The van der Waals surface area contributed by atoms with Gasteiger partial charge < -0.3 is 20.6 Å². The van der Waals surface area contributed by atoms with Gasteiger partial charge in [0.25, 0.3) is 0 Å². The fourth-order valence-corrected chi connectivity index (χ4v) is 2.69. The van der Waals surface area contributed by atoms with Crippen molar-refractivity contribution < 1.29 is 14.3 Å². The second-order valence-corrected chi connectivity index (χ2v) is 6.15. The molecule has 0 aromatic heterocycles. The number of alkyl carbamates (subject to hydrolysis) is 1. The van der Waals surface area contributed by atoms with Gasteiger partial charge in [0.05, 0.1) is 11.6 Å². The Hall–Kier alpha value is -1.10. The molecule has 2 aliphatic rings. The Balaban J connectivity index is 1.96. The topological polar surface area (TPSA) is 81.4 Å². The molecule has 4 atom stereocenters. The standard InChI is InChI=1S/C12H20N2O3/c1-11(2,3)17-10(16)14-9-5-7-4-8(7)12(9,13)6-15/h6-9H,4-5,13H2,1-3H3,(H,14,16). The fraction of sp³-hybridized carbons (Fsp3) is 0.833. The lowest BCUT2D eigenvalue weighted by atomic mass is 9.91. The first-order valence-corrected chi connectivity index (χ1v) is 6.01. The third-order valence-electron chi connectivity index (χ3n) is 3.60. The Bertz CT molecular complexity index is 350. The molecule has 17 heavy (non-hydrogen) atoms. The number of nitrogens with two attached hydrogens (primary N) is 1. The average molecular weight is 240 g/mol. The van der Waals surface area contributed by atoms with Crippen LogP contribution >= 0.6 is 0 Å². The number of aldehydes is 1. The number of rotatable bonds is 2. The van der Waals surface area contributed by atoms with Crippen molar-refractivity contribution in [3.05, 3.63) is 0 Å². The van der Waals surface area contributed by atoms with E-state index >= 15 is 0 Å². The predicted molar refractivity (Wildman–Crippen MR) is 62.4 cm³/mol. The summed E-state index contributed by atoms with van der Waals surface area (Å²) in [6.45, 7) is 5.40. The maximum atomic E-state index is 11.6. The van der Waals surface area contributed by atoms with E-state index in [1.54, 1.807) is 20.8 Å². The Labute approximate surface area is 101 Å². The van der Waals surface area contributed by atoms with Crippen molar-refractivity contribution in [1.82, 2.24) is 5.32 Å². The molecule has 1 amide bonds. The van der Waals surface area contributed by atoms with E-state index < -0.39 is 17.2 Å². The Morgan fingerprint density at radius 3 is 2.65 bits per heavy atom. The van der Waals surface area contributed by atoms with E-state index in [0.29, 0.717) is 5.92 Å². The lowest BCUT2D eigenvalue weighted by Gasteiger charge is -2.30. The minimum Gasteiger partial charge on any atom is -0.444 e. The Morgan fingerprint density at radius 1 is 1.47 bits per heavy atom. The average Bonchev–Trinajstić information content (AvgIpc) is 2.87. The van der Waals surface area contributed by atoms with Crippen molar-refractivity contribution in [3.8, 4) is 0 Å². The SMILES string of the molecule is CC(C)(C)OC(=O)NC1CC2CC2C1(N)C=O. The molecule has 0 aromatic rings. The van der Waals surface area contributed by atoms with Crippen LogP contribution in [0.1, 0.15) is 33.6 Å². The summed E-state index contributed by atoms with van der Waals surface area (Å²) in [7, 11) is 0. The van der Waals surface area contributed by atoms with Gasteiger partial charge in [-0.2, -0.15) is 0 Å². The molecule has 2 fully saturated rings. The van der Waals surface area contributed by atoms with Crippen LogP contribution < -0.4 is 11.1 Å². The zero-order valence-corrected chi connectivity index (χ0v) is 10.5. The van der Waals surface area contributed by atoms with E-state index in [0.717, 1.165) is 19.1 Å². The van der Waals surface area contributed by atoms with Gasteiger partial charge in [0.1, 0.15) is 11.9 Å². The first-order chi connectivity index (χ1) is 7.76. The maximum absolute atomic E-state index is 11.6. The second-order valence-electron chi connectivity index (χ2n) is 6.15. The summed E-state index contributed by atoms with van der Waals surface area (Å²) in [6, 6.07) is -0.293. The van der Waals surface area contributed by atoms with Crippen molar-refractivity contribution in [2.24, 2.45) is 17.6 Å². The van der Waals surface area contributed by atoms with Crippen LogP contribution in [0.15, 0.2) is 0 Å². The van der Waals surface area contributed by atoms with E-state index in [2.05, 4.69) is 5.32 Å². The highest BCUT2D eigenvalue weighted by molar-refractivity contribution is 5.73. The van der Waals surface area contributed by atoms with Gasteiger partial charge in [-0.05, 0) is 45.4 Å². The number of amides is 1. The number of fused-ring (bicyclic) bond motifs is 1. The van der Waals surface area contributed by atoms with Gasteiger partial charge >= 0.3 is 6.09 Å². The van der Waals surface area contributed by atoms with Crippen LogP contribution in [0.25, 0.3) is 0 Å². The van der Waals surface area contributed by atoms with E-state index in [-0.39, 0.29) is 12.0 Å². The van der Waals surface area contributed by atoms with Gasteiger partial charge in [-0.15, -0.1) is 0 Å². The van der Waals surface area contributed by atoms with Crippen molar-refractivity contribution in [1.29, 1.82) is 0 Å². The molecule has 4 unspecified atom stereocenters. The normalized spacial score (nSPS) is 39.4. The largest absolute Gasteiger partial charge is 0.444 e. The molecular weight excluding hydrogens is 220 g/mol. The summed E-state index contributed by atoms with van der Waals surface area (Å²) in [5.41, 5.74) is 4.62. The fourth-order valence-electron chi connectivity index (χ4n) is 2.69. The quantitative estimate of drug-likeness (QED) is 0.700. The lowest BCUT2D eigenvalue weighted by molar-refractivity contribution is -0.113. The third-order valence-corrected chi connectivity index (χ3v) is 3.60. The number of hydrogen-bond acceptors (Lipinski definition) is 4. The first kappa shape index (κ1) is 12.4. The molecule has 3 N–H and O–H groups in total. The second kappa shape index (κ2) is 3.70. The molecule has 5 nitrogen and oxygen atoms in total. The molecule has 2 saturated carbocycles. The summed E-state index contributed by atoms with van der Waals surface area (Å²) in [4.78, 5) is 22.8. The molecule has 2 rings (SSSR count). The number of nitrogens with one attached hydrogen (secondary N) is 1. The minimum absolute atomic E-state index is 0.236. The molecule has 0 bridgehead atoms. The minimum atomic E-state index is -0.901. The summed E-state index contributed by atoms with van der Waals surface area (Å²) in [6.07, 6.45) is 2.06. The van der Waals surface area contributed by atoms with Gasteiger partial charge in [-0.3, -0.25) is 0 Å². The lowest BCUT2D eigenvalue weighted by Crippen LogP contribution is -2.59. The molecule has 0 aromatic carbocycles. The van der Waals surface area contributed by atoms with Crippen LogP contribution in [0.3, 0.4) is 0 Å². The van der Waals surface area contributed by atoms with Crippen LogP contribution in [-0.4, -0.2) is 29.6 Å². The number of carbonyl (C=O) groups is 2. The molecule has 96 valence electrons. The maximum Gasteiger partial charge on any atom is 0.407 e. The molecule has 0 radical (unpaired) electrons. The highest BCUT2D eigenvalue weighted by atomic mass is 16.6. The first-order valence-electron chi connectivity index (χ1n) is 6.01. The van der Waals surface area contributed by atoms with E-state index in [4.69, 9.17) is 10.5 Å². The smallest absolute Gasteiger partial charge is 0.407 e. The molecule has 0 heterocycles. The summed E-state index contributed by atoms with van der Waals surface area (Å²) >= 11 is 0. The van der Waals surface area contributed by atoms with Gasteiger partial charge in [-0.25, -0.2) is 4.79 Å². The monoisotopic (exact) mass is 240 g/mol. The molecule has 2 aliphatic carbocycles. The van der Waals surface area contributed by atoms with Gasteiger partial charge in [0, 0.05) is 0 Å². The van der Waals surface area contributed by atoms with Crippen LogP contribution in [0.2, 0.25) is 0 Å². The molecular formula is C12H20N2O3. The van der Waals surface area contributed by atoms with Gasteiger partial charge in [0.2, 0.25) is 0 Å². The van der Waals surface area contributed by atoms with E-state index in [1.165, 1.54) is 0 Å². The van der Waals surface area contributed by atoms with Crippen LogP contribution in [0.5, 0.6) is 0 Å². The predicted octanol–water partition coefficient (Wildman–Crippen LogP) is 0.816. The molecule has 0 aliphatic heterocycles. The van der Waals surface area contributed by atoms with E-state index in [9.17, 15) is 9.59 Å². The van der Waals surface area contributed by atoms with Crippen LogP contribution in [0.4, 0.5) is 4.79 Å². The number of ether oxygens (including phenoxy) is 1. The molecule has 5 heteroatoms. The summed E-state index contributed by atoms with van der Waals surface area (Å²) in [5.74, 6) is 0.727. The number of carbonyl (C=O) groups excluding carboxylic acids is 2. The summed E-state index contributed by atoms with van der Waals surface area (Å²) in [5, 5.41) is 2.72. The Kier molecular flexibility index (Phi) is 2.69. The van der Waals surface area contributed by atoms with Crippen molar-refractivity contribution in [3.63, 3.8) is 0 Å². The highest BCUT2D eigenvalue weighted by Crippen LogP contribution is 2.55. The Morgan fingerprint density at radius 2 is 2.12 bits per heavy atom. The zero-order valence-electron chi connectivity index (χ0n) is 10.5. The number of hydrogen-bond donors (Lipinski definition) is 2. The van der Waals surface area contributed by atoms with Crippen molar-refractivity contribution in [2.45, 2.75) is 50.8 Å². The van der Waals surface area contributed by atoms with Crippen molar-refractivity contribution >= 4 is 12.4 Å². The zero-order chi connectivity index (χ0) is 12.8. The van der Waals surface area contributed by atoms with Crippen LogP contribution in [-0.2, 0) is 9.53 Å². The highest BCUT2D eigenvalue weighted by Gasteiger charge is 2.62. The van der Waals surface area contributed by atoms with Crippen molar-refractivity contribution in [2.75, 3.05) is 0 Å². The third kappa shape index (κ3) is 2.29. The van der Waals surface area contributed by atoms with Gasteiger partial charge in [-0.1, -0.05) is 0 Å². The molecule has 0 saturated heterocycles.